The first kappa shape index (κ1) is 19.0. The number of aromatic nitrogens is 3. The molecule has 3 aromatic rings. The predicted molar refractivity (Wildman–Crippen MR) is 96.7 cm³/mol. The second-order valence-corrected chi connectivity index (χ2v) is 6.32. The van der Waals surface area contributed by atoms with Gasteiger partial charge in [-0.25, -0.2) is 0 Å². The summed E-state index contributed by atoms with van der Waals surface area (Å²) in [6.45, 7) is 3.38. The van der Waals surface area contributed by atoms with E-state index in [0.717, 1.165) is 5.69 Å². The van der Waals surface area contributed by atoms with Gasteiger partial charge in [-0.15, -0.1) is 0 Å². The maximum atomic E-state index is 9.54. The van der Waals surface area contributed by atoms with Crippen LogP contribution in [0.1, 0.15) is 30.8 Å². The molecule has 0 spiro atoms. The molecule has 5 N–H and O–H groups in total. The summed E-state index contributed by atoms with van der Waals surface area (Å²) >= 11 is 6.43. The number of halogens is 1. The third-order valence-corrected chi connectivity index (χ3v) is 4.51. The number of fused-ring (bicyclic) bond motifs is 1. The lowest BCUT2D eigenvalue weighted by Gasteiger charge is -2.26. The molecule has 0 aliphatic rings. The molecule has 0 bridgehead atoms. The molecule has 140 valence electrons. The predicted octanol–water partition coefficient (Wildman–Crippen LogP) is 2.97. The Morgan fingerprint density at radius 3 is 2.70 bits per heavy atom. The Hall–Kier alpha value is -2.74. The van der Waals surface area contributed by atoms with Gasteiger partial charge < -0.3 is 20.1 Å². The highest BCUT2D eigenvalue weighted by atomic mass is 35.5. The molecule has 2 heterocycles. The van der Waals surface area contributed by atoms with Crippen LogP contribution in [0, 0.1) is 11.3 Å². The van der Waals surface area contributed by atoms with Crippen molar-refractivity contribution < 1.29 is 15.2 Å². The second kappa shape index (κ2) is 7.48. The highest BCUT2D eigenvalue weighted by Crippen LogP contribution is 2.35. The van der Waals surface area contributed by atoms with Crippen LogP contribution in [0.3, 0.4) is 0 Å². The summed E-state index contributed by atoms with van der Waals surface area (Å²) in [5, 5.41) is 28.9. The van der Waals surface area contributed by atoms with Crippen molar-refractivity contribution in [2.24, 2.45) is 0 Å². The number of benzene rings is 1. The number of hydrogen-bond donors (Lipinski definition) is 5. The molecule has 3 rings (SSSR count). The third-order valence-electron chi connectivity index (χ3n) is 4.09. The average Bonchev–Trinajstić information content (AvgIpc) is 3.02. The first-order chi connectivity index (χ1) is 13.0. The summed E-state index contributed by atoms with van der Waals surface area (Å²) in [4.78, 5) is 11.7. The molecule has 27 heavy (non-hydrogen) atoms. The molecule has 0 amide bonds. The molecule has 0 fully saturated rings. The lowest BCUT2D eigenvalue weighted by molar-refractivity contribution is -0.0394. The lowest BCUT2D eigenvalue weighted by atomic mass is 10.1. The Morgan fingerprint density at radius 1 is 1.33 bits per heavy atom. The number of nitriles is 1. The largest absolute Gasteiger partial charge is 0.424 e. The van der Waals surface area contributed by atoms with Crippen molar-refractivity contribution in [1.82, 2.24) is 25.9 Å². The highest BCUT2D eigenvalue weighted by Gasteiger charge is 2.32. The van der Waals surface area contributed by atoms with Gasteiger partial charge in [0.25, 0.3) is 0 Å². The quantitative estimate of drug-likeness (QED) is 0.321. The van der Waals surface area contributed by atoms with Crippen molar-refractivity contribution >= 4 is 22.6 Å². The highest BCUT2D eigenvalue weighted by molar-refractivity contribution is 6.36. The van der Waals surface area contributed by atoms with E-state index in [2.05, 4.69) is 15.0 Å². The van der Waals surface area contributed by atoms with Crippen molar-refractivity contribution in [2.75, 3.05) is 0 Å². The number of rotatable bonds is 6. The monoisotopic (exact) mass is 388 g/mol. The first-order valence-corrected chi connectivity index (χ1v) is 8.42. The number of aromatic amines is 1. The van der Waals surface area contributed by atoms with E-state index in [9.17, 15) is 10.4 Å². The smallest absolute Gasteiger partial charge is 0.324 e. The van der Waals surface area contributed by atoms with E-state index < -0.39 is 5.66 Å². The summed E-state index contributed by atoms with van der Waals surface area (Å²) in [5.41, 5.74) is 4.12. The number of H-pyrrole nitrogens is 1. The van der Waals surface area contributed by atoms with Crippen LogP contribution < -0.4 is 15.7 Å². The van der Waals surface area contributed by atoms with E-state index in [1.807, 2.05) is 24.0 Å². The van der Waals surface area contributed by atoms with Gasteiger partial charge in [0, 0.05) is 5.69 Å². The fourth-order valence-electron chi connectivity index (χ4n) is 2.60. The van der Waals surface area contributed by atoms with Crippen LogP contribution in [0.2, 0.25) is 5.02 Å². The topological polar surface area (TPSA) is 139 Å². The van der Waals surface area contributed by atoms with E-state index in [1.54, 1.807) is 24.3 Å². The van der Waals surface area contributed by atoms with E-state index in [-0.39, 0.29) is 11.7 Å². The van der Waals surface area contributed by atoms with Gasteiger partial charge in [-0.1, -0.05) is 24.6 Å². The summed E-state index contributed by atoms with van der Waals surface area (Å²) in [6, 6.07) is 8.48. The van der Waals surface area contributed by atoms with Crippen molar-refractivity contribution in [2.45, 2.75) is 25.9 Å². The summed E-state index contributed by atoms with van der Waals surface area (Å²) in [7, 11) is 0. The molecule has 1 aromatic carbocycles. The molecule has 0 saturated carbocycles. The zero-order valence-corrected chi connectivity index (χ0v) is 15.3. The van der Waals surface area contributed by atoms with Gasteiger partial charge >= 0.3 is 6.01 Å². The van der Waals surface area contributed by atoms with Gasteiger partial charge in [0.1, 0.15) is 11.4 Å². The van der Waals surface area contributed by atoms with Crippen LogP contribution in [0.15, 0.2) is 24.3 Å². The summed E-state index contributed by atoms with van der Waals surface area (Å²) in [6.07, 6.45) is 0.616. The van der Waals surface area contributed by atoms with Gasteiger partial charge in [0.2, 0.25) is 0 Å². The zero-order chi connectivity index (χ0) is 19.6. The normalized spacial score (nSPS) is 11.6. The van der Waals surface area contributed by atoms with Crippen molar-refractivity contribution in [3.63, 3.8) is 0 Å². The number of ether oxygens (including phenoxy) is 1. The number of hydroxylamine groups is 2. The Kier molecular flexibility index (Phi) is 5.27. The maximum absolute atomic E-state index is 9.54. The lowest BCUT2D eigenvalue weighted by Crippen LogP contribution is -2.49. The minimum atomic E-state index is -1.54. The molecule has 0 atom stereocenters. The molecular formula is C17H17ClN6O3. The standard InChI is InChI=1S/C17H17ClN6O3/c1-3-11-13(18)12-14(17(2,23-25)24-26)21-16(22-15(12)20-11)27-10-6-4-5-9(7-10)8-19/h4-7,23-26H,3H2,1-2H3,(H,20,21,22). The van der Waals surface area contributed by atoms with Crippen LogP contribution in [0.25, 0.3) is 11.0 Å². The Morgan fingerprint density at radius 2 is 2.07 bits per heavy atom. The van der Waals surface area contributed by atoms with E-state index in [1.165, 1.54) is 6.92 Å². The number of nitrogens with zero attached hydrogens (tertiary/aromatic N) is 3. The van der Waals surface area contributed by atoms with Crippen LogP contribution in [-0.2, 0) is 12.1 Å². The molecule has 0 unspecified atom stereocenters. The molecular weight excluding hydrogens is 372 g/mol. The molecule has 2 aromatic heterocycles. The summed E-state index contributed by atoms with van der Waals surface area (Å²) in [5.74, 6) is 0.364. The van der Waals surface area contributed by atoms with Gasteiger partial charge in [-0.2, -0.15) is 26.2 Å². The maximum Gasteiger partial charge on any atom is 0.324 e. The zero-order valence-electron chi connectivity index (χ0n) is 14.5. The van der Waals surface area contributed by atoms with Crippen molar-refractivity contribution in [3.05, 3.63) is 46.2 Å². The van der Waals surface area contributed by atoms with Crippen LogP contribution in [0.5, 0.6) is 11.8 Å². The second-order valence-electron chi connectivity index (χ2n) is 5.94. The van der Waals surface area contributed by atoms with Gasteiger partial charge in [0.15, 0.2) is 5.66 Å². The molecule has 10 heteroatoms. The molecule has 0 aliphatic heterocycles. The molecule has 0 radical (unpaired) electrons. The number of aryl methyl sites for hydroxylation is 1. The first-order valence-electron chi connectivity index (χ1n) is 8.04. The van der Waals surface area contributed by atoms with Crippen LogP contribution >= 0.6 is 11.6 Å². The SMILES string of the molecule is CCc1[nH]c2nc(Oc3cccc(C#N)c3)nc(C(C)(NO)NO)c2c1Cl. The van der Waals surface area contributed by atoms with E-state index >= 15 is 0 Å². The van der Waals surface area contributed by atoms with E-state index in [0.29, 0.717) is 33.8 Å². The number of hydrogen-bond acceptors (Lipinski definition) is 8. The number of nitrogens with one attached hydrogen (secondary N) is 3. The van der Waals surface area contributed by atoms with Crippen molar-refractivity contribution in [3.8, 4) is 17.8 Å². The minimum Gasteiger partial charge on any atom is -0.424 e. The van der Waals surface area contributed by atoms with Gasteiger partial charge in [-0.3, -0.25) is 0 Å². The Bertz CT molecular complexity index is 1030. The van der Waals surface area contributed by atoms with Gasteiger partial charge in [0.05, 0.1) is 27.7 Å². The third kappa shape index (κ3) is 3.44. The van der Waals surface area contributed by atoms with E-state index in [4.69, 9.17) is 21.6 Å². The van der Waals surface area contributed by atoms with Crippen molar-refractivity contribution in [1.29, 1.82) is 5.26 Å². The fourth-order valence-corrected chi connectivity index (χ4v) is 2.96. The fraction of sp³-hybridized carbons (Fsp3) is 0.235. The van der Waals surface area contributed by atoms with Gasteiger partial charge in [-0.05, 0) is 31.5 Å². The molecule has 0 saturated heterocycles. The molecule has 9 nitrogen and oxygen atoms in total. The molecule has 0 aliphatic carbocycles. The van der Waals surface area contributed by atoms with Crippen LogP contribution in [-0.4, -0.2) is 25.4 Å². The van der Waals surface area contributed by atoms with Crippen LogP contribution in [0.4, 0.5) is 0 Å². The Balaban J connectivity index is 2.19. The summed E-state index contributed by atoms with van der Waals surface area (Å²) < 4.78 is 5.68. The Labute approximate surface area is 159 Å². The minimum absolute atomic E-state index is 0.0510. The average molecular weight is 389 g/mol.